The third-order valence-electron chi connectivity index (χ3n) is 2.44. The molecule has 0 spiro atoms. The third kappa shape index (κ3) is 4.79. The van der Waals surface area contributed by atoms with Crippen molar-refractivity contribution in [3.8, 4) is 11.5 Å². The van der Waals surface area contributed by atoms with Crippen molar-refractivity contribution < 1.29 is 9.47 Å². The van der Waals surface area contributed by atoms with Gasteiger partial charge in [-0.3, -0.25) is 0 Å². The van der Waals surface area contributed by atoms with Gasteiger partial charge in [-0.2, -0.15) is 0 Å². The third-order valence-corrected chi connectivity index (χ3v) is 4.67. The molecule has 0 amide bonds. The molecule has 0 fully saturated rings. The SMILES string of the molecule is Nc1ccc(OCCOc2c(I)cc(I)cc2I)cc1. The molecule has 0 aromatic heterocycles. The molecule has 0 saturated heterocycles. The summed E-state index contributed by atoms with van der Waals surface area (Å²) in [5, 5.41) is 0. The number of ether oxygens (including phenoxy) is 2. The summed E-state index contributed by atoms with van der Waals surface area (Å²) in [7, 11) is 0. The van der Waals surface area contributed by atoms with Crippen LogP contribution in [0.2, 0.25) is 0 Å². The van der Waals surface area contributed by atoms with Crippen LogP contribution in [0.1, 0.15) is 0 Å². The molecule has 0 radical (unpaired) electrons. The van der Waals surface area contributed by atoms with E-state index in [-0.39, 0.29) is 0 Å². The summed E-state index contributed by atoms with van der Waals surface area (Å²) in [6.07, 6.45) is 0. The first-order valence-electron chi connectivity index (χ1n) is 5.82. The highest BCUT2D eigenvalue weighted by Gasteiger charge is 2.07. The molecule has 20 heavy (non-hydrogen) atoms. The molecule has 0 bridgehead atoms. The number of hydrogen-bond acceptors (Lipinski definition) is 3. The Bertz CT molecular complexity index is 564. The fraction of sp³-hybridized carbons (Fsp3) is 0.143. The van der Waals surface area contributed by atoms with Crippen LogP contribution in [-0.4, -0.2) is 13.2 Å². The molecule has 0 atom stereocenters. The van der Waals surface area contributed by atoms with Crippen LogP contribution >= 0.6 is 67.8 Å². The minimum atomic E-state index is 0.502. The zero-order valence-corrected chi connectivity index (χ0v) is 16.9. The molecule has 0 aliphatic rings. The van der Waals surface area contributed by atoms with Crippen molar-refractivity contribution in [3.63, 3.8) is 0 Å². The minimum absolute atomic E-state index is 0.502. The van der Waals surface area contributed by atoms with Crippen LogP contribution in [0.4, 0.5) is 5.69 Å². The molecule has 2 N–H and O–H groups in total. The van der Waals surface area contributed by atoms with E-state index in [9.17, 15) is 0 Å². The zero-order valence-electron chi connectivity index (χ0n) is 10.4. The highest BCUT2D eigenvalue weighted by Crippen LogP contribution is 2.29. The van der Waals surface area contributed by atoms with E-state index in [2.05, 4.69) is 79.9 Å². The van der Waals surface area contributed by atoms with E-state index in [0.717, 1.165) is 24.3 Å². The topological polar surface area (TPSA) is 44.5 Å². The van der Waals surface area contributed by atoms with Gasteiger partial charge in [0.15, 0.2) is 0 Å². The predicted molar refractivity (Wildman–Crippen MR) is 106 cm³/mol. The van der Waals surface area contributed by atoms with Crippen molar-refractivity contribution in [2.24, 2.45) is 0 Å². The van der Waals surface area contributed by atoms with Gasteiger partial charge in [0.2, 0.25) is 0 Å². The van der Waals surface area contributed by atoms with E-state index in [1.54, 1.807) is 0 Å². The van der Waals surface area contributed by atoms with Crippen LogP contribution in [0.5, 0.6) is 11.5 Å². The molecular formula is C14H12I3NO2. The summed E-state index contributed by atoms with van der Waals surface area (Å²) in [5.74, 6) is 1.72. The van der Waals surface area contributed by atoms with Crippen molar-refractivity contribution in [1.29, 1.82) is 0 Å². The number of benzene rings is 2. The minimum Gasteiger partial charge on any atom is -0.490 e. The Kier molecular flexibility index (Phi) is 6.46. The van der Waals surface area contributed by atoms with Gasteiger partial charge < -0.3 is 15.2 Å². The van der Waals surface area contributed by atoms with Gasteiger partial charge in [0, 0.05) is 9.26 Å². The number of rotatable bonds is 5. The van der Waals surface area contributed by atoms with Crippen LogP contribution in [0.25, 0.3) is 0 Å². The Morgan fingerprint density at radius 1 is 0.850 bits per heavy atom. The van der Waals surface area contributed by atoms with Crippen molar-refractivity contribution in [1.82, 2.24) is 0 Å². The van der Waals surface area contributed by atoms with Gasteiger partial charge in [-0.05, 0) is 104 Å². The number of halogens is 3. The maximum atomic E-state index is 5.80. The van der Waals surface area contributed by atoms with Crippen molar-refractivity contribution in [2.75, 3.05) is 18.9 Å². The molecular weight excluding hydrogens is 595 g/mol. The fourth-order valence-corrected chi connectivity index (χ4v) is 5.43. The number of nitrogens with two attached hydrogens (primary N) is 1. The fourth-order valence-electron chi connectivity index (χ4n) is 1.53. The first kappa shape index (κ1) is 16.4. The normalized spacial score (nSPS) is 10.3. The number of hydrogen-bond donors (Lipinski definition) is 1. The quantitative estimate of drug-likeness (QED) is 0.309. The Morgan fingerprint density at radius 3 is 2.00 bits per heavy atom. The van der Waals surface area contributed by atoms with Gasteiger partial charge >= 0.3 is 0 Å². The van der Waals surface area contributed by atoms with E-state index < -0.39 is 0 Å². The van der Waals surface area contributed by atoms with Crippen LogP contribution in [0, 0.1) is 10.7 Å². The second-order valence-electron chi connectivity index (χ2n) is 3.96. The average molecular weight is 607 g/mol. The Hall–Kier alpha value is 0.0300. The zero-order chi connectivity index (χ0) is 14.5. The van der Waals surface area contributed by atoms with Crippen LogP contribution in [-0.2, 0) is 0 Å². The standard InChI is InChI=1S/C14H12I3NO2/c15-9-7-12(16)14(13(17)8-9)20-6-5-19-11-3-1-10(18)2-4-11/h1-4,7-8H,5-6,18H2. The molecule has 0 unspecified atom stereocenters. The monoisotopic (exact) mass is 607 g/mol. The smallest absolute Gasteiger partial charge is 0.146 e. The molecule has 6 heteroatoms. The van der Waals surface area contributed by atoms with Gasteiger partial charge in [0.05, 0.1) is 7.14 Å². The van der Waals surface area contributed by atoms with Crippen LogP contribution < -0.4 is 15.2 Å². The van der Waals surface area contributed by atoms with E-state index in [0.29, 0.717) is 13.2 Å². The molecule has 106 valence electrons. The molecule has 0 aliphatic carbocycles. The van der Waals surface area contributed by atoms with Gasteiger partial charge in [-0.15, -0.1) is 0 Å². The molecule has 0 saturated carbocycles. The molecule has 0 heterocycles. The molecule has 2 aromatic rings. The second-order valence-corrected chi connectivity index (χ2v) is 7.53. The number of nitrogen functional groups attached to an aromatic ring is 1. The number of anilines is 1. The summed E-state index contributed by atoms with van der Waals surface area (Å²) in [5.41, 5.74) is 6.35. The largest absolute Gasteiger partial charge is 0.490 e. The summed E-state index contributed by atoms with van der Waals surface area (Å²) < 4.78 is 14.8. The maximum Gasteiger partial charge on any atom is 0.146 e. The van der Waals surface area contributed by atoms with Gasteiger partial charge in [0.1, 0.15) is 24.7 Å². The summed E-state index contributed by atoms with van der Waals surface area (Å²) in [6.45, 7) is 1.01. The van der Waals surface area contributed by atoms with E-state index in [1.807, 2.05) is 24.3 Å². The lowest BCUT2D eigenvalue weighted by molar-refractivity contribution is 0.215. The van der Waals surface area contributed by atoms with E-state index in [4.69, 9.17) is 15.2 Å². The van der Waals surface area contributed by atoms with Gasteiger partial charge in [-0.1, -0.05) is 0 Å². The Morgan fingerprint density at radius 2 is 1.40 bits per heavy atom. The summed E-state index contributed by atoms with van der Waals surface area (Å²) in [4.78, 5) is 0. The lowest BCUT2D eigenvalue weighted by Crippen LogP contribution is -2.10. The molecule has 2 aromatic carbocycles. The van der Waals surface area contributed by atoms with E-state index in [1.165, 1.54) is 3.57 Å². The predicted octanol–water partition coefficient (Wildman–Crippen LogP) is 4.54. The maximum absolute atomic E-state index is 5.80. The van der Waals surface area contributed by atoms with Gasteiger partial charge in [0.25, 0.3) is 0 Å². The Balaban J connectivity index is 1.86. The first-order valence-corrected chi connectivity index (χ1v) is 9.05. The van der Waals surface area contributed by atoms with Crippen LogP contribution in [0.15, 0.2) is 36.4 Å². The van der Waals surface area contributed by atoms with Gasteiger partial charge in [-0.25, -0.2) is 0 Å². The highest BCUT2D eigenvalue weighted by atomic mass is 127. The van der Waals surface area contributed by atoms with Crippen LogP contribution in [0.3, 0.4) is 0 Å². The molecule has 3 nitrogen and oxygen atoms in total. The molecule has 2 rings (SSSR count). The summed E-state index contributed by atoms with van der Waals surface area (Å²) in [6, 6.07) is 11.5. The lowest BCUT2D eigenvalue weighted by Gasteiger charge is -2.12. The van der Waals surface area contributed by atoms with Crippen molar-refractivity contribution in [2.45, 2.75) is 0 Å². The second kappa shape index (κ2) is 7.87. The first-order chi connectivity index (χ1) is 9.56. The Labute approximate surface area is 159 Å². The molecule has 0 aliphatic heterocycles. The average Bonchev–Trinajstić information content (AvgIpc) is 2.39. The highest BCUT2D eigenvalue weighted by molar-refractivity contribution is 14.1. The summed E-state index contributed by atoms with van der Waals surface area (Å²) >= 11 is 6.88. The lowest BCUT2D eigenvalue weighted by atomic mass is 10.3. The van der Waals surface area contributed by atoms with E-state index >= 15 is 0 Å². The van der Waals surface area contributed by atoms with Crippen molar-refractivity contribution in [3.05, 3.63) is 47.1 Å². The van der Waals surface area contributed by atoms with Crippen molar-refractivity contribution >= 4 is 73.5 Å².